The summed E-state index contributed by atoms with van der Waals surface area (Å²) in [5.74, 6) is 0.433. The maximum atomic E-state index is 13.6. The van der Waals surface area contributed by atoms with Crippen LogP contribution in [0.15, 0.2) is 24.0 Å². The second-order valence-corrected chi connectivity index (χ2v) is 8.35. The number of nitrogens with two attached hydrogens (primary N) is 1. The number of nitrogens with zero attached hydrogens (tertiary/aromatic N) is 2. The third-order valence-corrected chi connectivity index (χ3v) is 5.99. The van der Waals surface area contributed by atoms with Gasteiger partial charge in [0, 0.05) is 24.3 Å². The molecule has 2 unspecified atom stereocenters. The lowest BCUT2D eigenvalue weighted by molar-refractivity contribution is -0.137. The van der Waals surface area contributed by atoms with Crippen molar-refractivity contribution >= 4 is 23.4 Å². The number of aryl methyl sites for hydroxylation is 1. The van der Waals surface area contributed by atoms with Gasteiger partial charge in [-0.3, -0.25) is 4.79 Å². The minimum atomic E-state index is -4.53. The van der Waals surface area contributed by atoms with Crippen molar-refractivity contribution in [3.05, 3.63) is 52.2 Å². The molecule has 33 heavy (non-hydrogen) atoms. The molecule has 0 saturated carbocycles. The van der Waals surface area contributed by atoms with Crippen LogP contribution in [0.25, 0.3) is 6.08 Å². The molecule has 1 aliphatic heterocycles. The molecule has 10 heteroatoms. The van der Waals surface area contributed by atoms with Gasteiger partial charge in [0.1, 0.15) is 17.4 Å². The number of methoxy groups -OCH3 is 1. The first-order chi connectivity index (χ1) is 15.6. The Morgan fingerprint density at radius 1 is 1.27 bits per heavy atom. The molecule has 4 rings (SSSR count). The molecule has 0 bridgehead atoms. The van der Waals surface area contributed by atoms with E-state index in [0.29, 0.717) is 41.6 Å². The van der Waals surface area contributed by atoms with Gasteiger partial charge in [-0.1, -0.05) is 0 Å². The Labute approximate surface area is 189 Å². The molecule has 0 spiro atoms. The smallest absolute Gasteiger partial charge is 0.416 e. The molecule has 2 aromatic rings. The summed E-state index contributed by atoms with van der Waals surface area (Å²) in [6.45, 7) is 4.38. The number of rotatable bonds is 5. The van der Waals surface area contributed by atoms with Crippen molar-refractivity contribution in [3.63, 3.8) is 0 Å². The number of ketones is 1. The molecule has 1 fully saturated rings. The van der Waals surface area contributed by atoms with E-state index < -0.39 is 23.7 Å². The molecule has 2 heterocycles. The fourth-order valence-electron chi connectivity index (χ4n) is 4.38. The lowest BCUT2D eigenvalue weighted by Gasteiger charge is -2.29. The van der Waals surface area contributed by atoms with Gasteiger partial charge in [-0.2, -0.15) is 13.2 Å². The van der Waals surface area contributed by atoms with Crippen LogP contribution < -0.4 is 11.1 Å². The van der Waals surface area contributed by atoms with Crippen molar-refractivity contribution in [2.75, 3.05) is 31.4 Å². The summed E-state index contributed by atoms with van der Waals surface area (Å²) in [5, 5.41) is 3.11. The van der Waals surface area contributed by atoms with E-state index in [1.54, 1.807) is 19.9 Å². The average Bonchev–Trinajstić information content (AvgIpc) is 3.26. The van der Waals surface area contributed by atoms with Gasteiger partial charge in [-0.25, -0.2) is 9.97 Å². The molecule has 1 aromatic heterocycles. The van der Waals surface area contributed by atoms with Gasteiger partial charge in [0.2, 0.25) is 0 Å². The van der Waals surface area contributed by atoms with E-state index in [0.717, 1.165) is 18.6 Å². The highest BCUT2D eigenvalue weighted by atomic mass is 19.4. The lowest BCUT2D eigenvalue weighted by Crippen LogP contribution is -2.32. The number of hydrogen-bond donors (Lipinski definition) is 2. The maximum absolute atomic E-state index is 13.6. The average molecular weight is 462 g/mol. The summed E-state index contributed by atoms with van der Waals surface area (Å²) in [6, 6.07) is 2.79. The predicted octanol–water partition coefficient (Wildman–Crippen LogP) is 4.40. The highest BCUT2D eigenvalue weighted by Gasteiger charge is 2.41. The van der Waals surface area contributed by atoms with Gasteiger partial charge in [-0.15, -0.1) is 0 Å². The quantitative estimate of drug-likeness (QED) is 0.636. The zero-order valence-electron chi connectivity index (χ0n) is 18.5. The first-order valence-corrected chi connectivity index (χ1v) is 10.6. The summed E-state index contributed by atoms with van der Waals surface area (Å²) in [5.41, 5.74) is 5.92. The van der Waals surface area contributed by atoms with E-state index in [4.69, 9.17) is 15.2 Å². The molecular formula is C23H25F3N4O3. The van der Waals surface area contributed by atoms with E-state index in [1.165, 1.54) is 13.2 Å². The molecule has 0 radical (unpaired) electrons. The van der Waals surface area contributed by atoms with Crippen molar-refractivity contribution in [3.8, 4) is 0 Å². The van der Waals surface area contributed by atoms with Crippen LogP contribution in [0.4, 0.5) is 24.7 Å². The van der Waals surface area contributed by atoms with E-state index in [9.17, 15) is 18.0 Å². The van der Waals surface area contributed by atoms with Crippen LogP contribution in [0.2, 0.25) is 0 Å². The minimum absolute atomic E-state index is 0.000541. The fraction of sp³-hybridized carbons (Fsp3) is 0.435. The number of anilines is 2. The van der Waals surface area contributed by atoms with Crippen molar-refractivity contribution < 1.29 is 27.4 Å². The Morgan fingerprint density at radius 3 is 2.67 bits per heavy atom. The van der Waals surface area contributed by atoms with Crippen molar-refractivity contribution in [2.45, 2.75) is 32.5 Å². The number of nitrogens with one attached hydrogen (secondary N) is 1. The Hall–Kier alpha value is -3.14. The topological polar surface area (TPSA) is 99.4 Å². The first kappa shape index (κ1) is 23.0. The fourth-order valence-corrected chi connectivity index (χ4v) is 4.38. The predicted molar refractivity (Wildman–Crippen MR) is 116 cm³/mol. The summed E-state index contributed by atoms with van der Waals surface area (Å²) in [4.78, 5) is 22.4. The van der Waals surface area contributed by atoms with Crippen molar-refractivity contribution in [1.82, 2.24) is 9.97 Å². The number of nitrogen functional groups attached to an aromatic ring is 1. The SMILES string of the molecule is COC1=Cc2nc(C)nc(NC(C)c3cc(N)cc(C(F)(F)F)c3)c2C(=O)C1[C@@H]1CCOC1. The van der Waals surface area contributed by atoms with Crippen LogP contribution in [0.1, 0.15) is 52.4 Å². The van der Waals surface area contributed by atoms with Gasteiger partial charge < -0.3 is 20.5 Å². The van der Waals surface area contributed by atoms with E-state index >= 15 is 0 Å². The molecular weight excluding hydrogens is 437 g/mol. The monoisotopic (exact) mass is 462 g/mol. The van der Waals surface area contributed by atoms with Crippen LogP contribution >= 0.6 is 0 Å². The second kappa shape index (κ2) is 8.66. The second-order valence-electron chi connectivity index (χ2n) is 8.35. The molecule has 7 nitrogen and oxygen atoms in total. The van der Waals surface area contributed by atoms with E-state index in [-0.39, 0.29) is 23.2 Å². The number of aromatic nitrogens is 2. The third-order valence-electron chi connectivity index (χ3n) is 5.99. The number of fused-ring (bicyclic) bond motifs is 1. The van der Waals surface area contributed by atoms with Gasteiger partial charge >= 0.3 is 6.18 Å². The Kier molecular flexibility index (Phi) is 6.04. The zero-order chi connectivity index (χ0) is 23.9. The van der Waals surface area contributed by atoms with Crippen LogP contribution in [-0.4, -0.2) is 36.1 Å². The Balaban J connectivity index is 1.73. The molecule has 3 atom stereocenters. The van der Waals surface area contributed by atoms with Crippen molar-refractivity contribution in [1.29, 1.82) is 0 Å². The van der Waals surface area contributed by atoms with Crippen LogP contribution in [-0.2, 0) is 15.7 Å². The summed E-state index contributed by atoms with van der Waals surface area (Å²) >= 11 is 0. The van der Waals surface area contributed by atoms with E-state index in [2.05, 4.69) is 15.3 Å². The molecule has 0 amide bonds. The first-order valence-electron chi connectivity index (χ1n) is 10.6. The van der Waals surface area contributed by atoms with Crippen molar-refractivity contribution in [2.24, 2.45) is 11.8 Å². The number of Topliss-reactive ketones (excluding diaryl/α,β-unsaturated/α-hetero) is 1. The Morgan fingerprint density at radius 2 is 2.03 bits per heavy atom. The maximum Gasteiger partial charge on any atom is 0.416 e. The van der Waals surface area contributed by atoms with Gasteiger partial charge in [0.15, 0.2) is 5.78 Å². The highest BCUT2D eigenvalue weighted by molar-refractivity contribution is 6.08. The number of halogens is 3. The zero-order valence-corrected chi connectivity index (χ0v) is 18.5. The largest absolute Gasteiger partial charge is 0.500 e. The third kappa shape index (κ3) is 4.52. The molecule has 1 aromatic carbocycles. The number of alkyl halides is 3. The molecule has 3 N–H and O–H groups in total. The number of ether oxygens (including phenoxy) is 2. The van der Waals surface area contributed by atoms with Gasteiger partial charge in [0.25, 0.3) is 0 Å². The number of hydrogen-bond acceptors (Lipinski definition) is 7. The molecule has 1 aliphatic carbocycles. The Bertz CT molecular complexity index is 1110. The van der Waals surface area contributed by atoms with Crippen LogP contribution in [0, 0.1) is 18.8 Å². The molecule has 1 saturated heterocycles. The van der Waals surface area contributed by atoms with Crippen LogP contribution in [0.5, 0.6) is 0 Å². The number of carbonyl (C=O) groups excluding carboxylic acids is 1. The van der Waals surface area contributed by atoms with Crippen LogP contribution in [0.3, 0.4) is 0 Å². The van der Waals surface area contributed by atoms with Gasteiger partial charge in [0.05, 0.1) is 42.5 Å². The normalized spacial score (nSPS) is 21.4. The summed E-state index contributed by atoms with van der Waals surface area (Å²) < 4.78 is 50.8. The van der Waals surface area contributed by atoms with E-state index in [1.807, 2.05) is 0 Å². The highest BCUT2D eigenvalue weighted by Crippen LogP contribution is 2.39. The summed E-state index contributed by atoms with van der Waals surface area (Å²) in [6.07, 6.45) is -2.07. The number of benzene rings is 1. The molecule has 2 aliphatic rings. The number of allylic oxidation sites excluding steroid dienone is 1. The van der Waals surface area contributed by atoms with Gasteiger partial charge in [-0.05, 0) is 44.0 Å². The lowest BCUT2D eigenvalue weighted by atomic mass is 9.79. The number of carbonyl (C=O) groups is 1. The molecule has 176 valence electrons. The minimum Gasteiger partial charge on any atom is -0.500 e. The standard InChI is InChI=1S/C23H25F3N4O3/c1-11(14-6-15(23(24,25)26)8-16(27)7-14)28-22-20-17(29-12(2)30-22)9-18(32-3)19(21(20)31)13-4-5-33-10-13/h6-9,11,13,19H,4-5,10,27H2,1-3H3,(H,28,29,30)/t11?,13-,19?/m1/s1. The summed E-state index contributed by atoms with van der Waals surface area (Å²) in [7, 11) is 1.51.